The number of phenolic OH excluding ortho intramolecular Hbond substituents is 2. The van der Waals surface area contributed by atoms with Gasteiger partial charge < -0.3 is 56.5 Å². The first-order valence-electron chi connectivity index (χ1n) is 19.6. The van der Waals surface area contributed by atoms with E-state index >= 15 is 0 Å². The highest BCUT2D eigenvalue weighted by Gasteiger charge is 2.24. The lowest BCUT2D eigenvalue weighted by atomic mass is 10.1. The van der Waals surface area contributed by atoms with Gasteiger partial charge in [0, 0.05) is 16.9 Å². The molecule has 21 heteroatoms. The standard InChI is InChI=1S/C26H23FN4O10.C17H17NO2.C3H5N3/c1-40-22-17(30-24(36)13-4-3-12(9-16(13)27)29-19(33)10-28-11-32)7-5-14(20(22)34)25(37)31-18-8-6-15(26(38)39)21(35)23(18)41-2;1-12-3-7-15(8-4-12)18-17(20)13(2)11-14-5-9-16(19)10-6-14;1-3-2-4-6-5-3/h3-9,11,34-35H,10H2,1-2H3,(H,28,32)(H,29,33)(H,30,36)(H,31,37)(H,38,39);3-11,19H,1-2H3,(H,18,20);2H,1H3,(H,4,5,6)/b;13-11+;. The van der Waals surface area contributed by atoms with E-state index in [0.717, 1.165) is 61.0 Å². The monoisotopic (exact) mass is 920 g/mol. The molecule has 0 unspecified atom stereocenters. The van der Waals surface area contributed by atoms with Crippen LogP contribution in [0.4, 0.5) is 27.1 Å². The maximum absolute atomic E-state index is 14.6. The molecule has 6 aromatic rings. The fourth-order valence-corrected chi connectivity index (χ4v) is 5.62. The molecule has 0 bridgehead atoms. The first-order chi connectivity index (χ1) is 31.9. The second kappa shape index (κ2) is 24.0. The van der Waals surface area contributed by atoms with E-state index in [2.05, 4.69) is 42.0 Å². The molecule has 0 fully saturated rings. The molecule has 0 saturated carbocycles. The number of benzene rings is 5. The average molecular weight is 921 g/mol. The van der Waals surface area contributed by atoms with Crippen LogP contribution in [0.15, 0.2) is 103 Å². The van der Waals surface area contributed by atoms with Crippen molar-refractivity contribution >= 4 is 64.8 Å². The van der Waals surface area contributed by atoms with Crippen LogP contribution in [-0.2, 0) is 14.4 Å². The van der Waals surface area contributed by atoms with Crippen molar-refractivity contribution < 1.29 is 63.1 Å². The van der Waals surface area contributed by atoms with Gasteiger partial charge in [-0.2, -0.15) is 15.4 Å². The summed E-state index contributed by atoms with van der Waals surface area (Å²) >= 11 is 0. The molecular formula is C46H45FN8O12. The van der Waals surface area contributed by atoms with Gasteiger partial charge in [0.05, 0.1) is 55.2 Å². The summed E-state index contributed by atoms with van der Waals surface area (Å²) in [4.78, 5) is 70.9. The van der Waals surface area contributed by atoms with Crippen LogP contribution in [0.2, 0.25) is 0 Å². The molecule has 0 aliphatic carbocycles. The van der Waals surface area contributed by atoms with Gasteiger partial charge in [-0.3, -0.25) is 24.0 Å². The van der Waals surface area contributed by atoms with Crippen molar-refractivity contribution in [3.8, 4) is 28.7 Å². The average Bonchev–Trinajstić information content (AvgIpc) is 3.78. The molecule has 5 amide bonds. The summed E-state index contributed by atoms with van der Waals surface area (Å²) in [6.07, 6.45) is 3.77. The number of rotatable bonds is 14. The van der Waals surface area contributed by atoms with Crippen molar-refractivity contribution in [1.29, 1.82) is 0 Å². The highest BCUT2D eigenvalue weighted by atomic mass is 19.1. The highest BCUT2D eigenvalue weighted by molar-refractivity contribution is 6.10. The number of amides is 5. The van der Waals surface area contributed by atoms with Gasteiger partial charge >= 0.3 is 5.97 Å². The zero-order valence-electron chi connectivity index (χ0n) is 36.4. The number of halogens is 1. The number of hydrogen-bond donors (Lipinski definition) is 10. The molecule has 0 radical (unpaired) electrons. The van der Waals surface area contributed by atoms with Crippen LogP contribution in [0.25, 0.3) is 6.08 Å². The minimum atomic E-state index is -1.43. The van der Waals surface area contributed by atoms with Crippen molar-refractivity contribution in [3.05, 3.63) is 142 Å². The van der Waals surface area contributed by atoms with Crippen LogP contribution in [0.1, 0.15) is 54.8 Å². The Morgan fingerprint density at radius 2 is 1.27 bits per heavy atom. The zero-order chi connectivity index (χ0) is 49.2. The molecule has 0 aliphatic rings. The third-order valence-electron chi connectivity index (χ3n) is 8.97. The Balaban J connectivity index is 0.000000308. The quantitative estimate of drug-likeness (QED) is 0.0443. The van der Waals surface area contributed by atoms with E-state index in [9.17, 15) is 48.5 Å². The summed E-state index contributed by atoms with van der Waals surface area (Å²) in [5.41, 5.74) is 2.92. The molecule has 1 heterocycles. The Kier molecular flexibility index (Phi) is 18.0. The first-order valence-corrected chi connectivity index (χ1v) is 19.6. The van der Waals surface area contributed by atoms with Gasteiger partial charge in [0.1, 0.15) is 17.1 Å². The number of carbonyl (C=O) groups is 6. The lowest BCUT2D eigenvalue weighted by Crippen LogP contribution is -2.27. The fourth-order valence-electron chi connectivity index (χ4n) is 5.62. The minimum Gasteiger partial charge on any atom is -0.508 e. The van der Waals surface area contributed by atoms with Gasteiger partial charge in [-0.25, -0.2) is 9.18 Å². The Hall–Kier alpha value is -9.27. The van der Waals surface area contributed by atoms with Crippen LogP contribution in [-0.4, -0.2) is 92.6 Å². The molecule has 6 rings (SSSR count). The number of aromatic hydroxyl groups is 3. The number of H-pyrrole nitrogens is 1. The topological polar surface area (TPSA) is 304 Å². The summed E-state index contributed by atoms with van der Waals surface area (Å²) in [7, 11) is 2.30. The fraction of sp³-hybridized carbons (Fsp3) is 0.130. The molecule has 0 atom stereocenters. The smallest absolute Gasteiger partial charge is 0.339 e. The molecule has 348 valence electrons. The third-order valence-corrected chi connectivity index (χ3v) is 8.97. The summed E-state index contributed by atoms with van der Waals surface area (Å²) < 4.78 is 24.8. The van der Waals surface area contributed by atoms with Gasteiger partial charge in [0.25, 0.3) is 17.7 Å². The number of aryl methyl sites for hydroxylation is 2. The van der Waals surface area contributed by atoms with E-state index in [-0.39, 0.29) is 52.3 Å². The lowest BCUT2D eigenvalue weighted by molar-refractivity contribution is -0.118. The predicted octanol–water partition coefficient (Wildman–Crippen LogP) is 6.00. The number of nitrogens with one attached hydrogen (secondary N) is 6. The van der Waals surface area contributed by atoms with Crippen LogP contribution in [0.3, 0.4) is 0 Å². The number of ether oxygens (including phenoxy) is 2. The largest absolute Gasteiger partial charge is 0.508 e. The van der Waals surface area contributed by atoms with Crippen molar-refractivity contribution in [2.45, 2.75) is 20.8 Å². The van der Waals surface area contributed by atoms with Crippen molar-refractivity contribution in [2.75, 3.05) is 42.0 Å². The number of methoxy groups -OCH3 is 2. The molecule has 20 nitrogen and oxygen atoms in total. The van der Waals surface area contributed by atoms with Gasteiger partial charge in [-0.15, -0.1) is 0 Å². The number of nitrogens with zero attached hydrogens (tertiary/aromatic N) is 2. The molecule has 0 saturated heterocycles. The Labute approximate surface area is 381 Å². The van der Waals surface area contributed by atoms with E-state index in [4.69, 9.17) is 14.6 Å². The molecule has 0 aliphatic heterocycles. The van der Waals surface area contributed by atoms with Crippen LogP contribution >= 0.6 is 0 Å². The van der Waals surface area contributed by atoms with Gasteiger partial charge in [-0.05, 0) is 99.1 Å². The van der Waals surface area contributed by atoms with Gasteiger partial charge in [0.2, 0.25) is 12.3 Å². The number of anilines is 4. The van der Waals surface area contributed by atoms with Crippen molar-refractivity contribution in [3.63, 3.8) is 0 Å². The molecule has 67 heavy (non-hydrogen) atoms. The minimum absolute atomic E-state index is 0.0323. The second-order valence-electron chi connectivity index (χ2n) is 13.9. The molecule has 10 N–H and O–H groups in total. The van der Waals surface area contributed by atoms with Crippen molar-refractivity contribution in [1.82, 2.24) is 20.7 Å². The Morgan fingerprint density at radius 3 is 1.78 bits per heavy atom. The van der Waals surface area contributed by atoms with E-state index in [1.54, 1.807) is 43.5 Å². The predicted molar refractivity (Wildman–Crippen MR) is 244 cm³/mol. The van der Waals surface area contributed by atoms with Crippen LogP contribution in [0.5, 0.6) is 28.7 Å². The van der Waals surface area contributed by atoms with Crippen molar-refractivity contribution in [2.24, 2.45) is 0 Å². The number of phenols is 3. The molecule has 0 spiro atoms. The lowest BCUT2D eigenvalue weighted by Gasteiger charge is -2.16. The van der Waals surface area contributed by atoms with E-state index in [1.807, 2.05) is 38.1 Å². The molecular weight excluding hydrogens is 876 g/mol. The van der Waals surface area contributed by atoms with E-state index in [0.29, 0.717) is 12.0 Å². The number of carboxylic acids is 1. The number of aromatic carboxylic acids is 1. The first kappa shape index (κ1) is 50.4. The normalized spacial score (nSPS) is 10.4. The molecule has 1 aromatic heterocycles. The summed E-state index contributed by atoms with van der Waals surface area (Å²) in [5, 5.41) is 61.0. The van der Waals surface area contributed by atoms with E-state index in [1.165, 1.54) is 18.2 Å². The number of aromatic amines is 1. The number of hydrogen-bond acceptors (Lipinski definition) is 13. The van der Waals surface area contributed by atoms with Crippen LogP contribution in [0, 0.1) is 19.7 Å². The summed E-state index contributed by atoms with van der Waals surface area (Å²) in [6.45, 7) is 5.30. The summed E-state index contributed by atoms with van der Waals surface area (Å²) in [6, 6.07) is 22.2. The summed E-state index contributed by atoms with van der Waals surface area (Å²) in [5.74, 6) is -6.92. The Morgan fingerprint density at radius 1 is 0.716 bits per heavy atom. The third kappa shape index (κ3) is 14.4. The molecule has 5 aromatic carbocycles. The Bertz CT molecular complexity index is 2760. The van der Waals surface area contributed by atoms with E-state index < -0.39 is 52.1 Å². The van der Waals surface area contributed by atoms with Gasteiger partial charge in [0.15, 0.2) is 23.0 Å². The second-order valence-corrected chi connectivity index (χ2v) is 13.9. The number of aromatic nitrogens is 3. The highest BCUT2D eigenvalue weighted by Crippen LogP contribution is 2.40. The van der Waals surface area contributed by atoms with Crippen LogP contribution < -0.4 is 36.1 Å². The zero-order valence-corrected chi connectivity index (χ0v) is 36.4. The maximum atomic E-state index is 14.6. The SMILES string of the molecule is C/C(=C\c1ccc(O)cc1)C(=O)Nc1ccc(C)cc1.COc1c(NC(=O)c2ccc(NC(=O)c3ccc(NC(=O)CNC=O)cc3F)c(OC)c2O)ccc(C(=O)O)c1O.Cc1cn[nH]n1. The number of carbonyl (C=O) groups excluding carboxylic acids is 5. The maximum Gasteiger partial charge on any atom is 0.339 e. The number of carboxylic acid groups (broad SMARTS) is 1. The van der Waals surface area contributed by atoms with Gasteiger partial charge in [-0.1, -0.05) is 29.8 Å².